The van der Waals surface area contributed by atoms with E-state index in [1.165, 1.54) is 0 Å². The normalized spacial score (nSPS) is 11.7. The zero-order chi connectivity index (χ0) is 20.6. The van der Waals surface area contributed by atoms with Gasteiger partial charge in [-0.1, -0.05) is 36.4 Å². The third-order valence-corrected chi connectivity index (χ3v) is 4.67. The SMILES string of the molecule is COc1ccccc1C(CNC(=O)c1ccc(Oc2ccccc2)cc1)N(C)C. The number of hydrogen-bond donors (Lipinski definition) is 1. The summed E-state index contributed by atoms with van der Waals surface area (Å²) in [5.74, 6) is 2.13. The van der Waals surface area contributed by atoms with E-state index in [0.717, 1.165) is 17.1 Å². The molecule has 0 radical (unpaired) electrons. The highest BCUT2D eigenvalue weighted by Gasteiger charge is 2.19. The molecule has 0 aliphatic rings. The fourth-order valence-electron chi connectivity index (χ4n) is 3.10. The van der Waals surface area contributed by atoms with Crippen LogP contribution in [0.15, 0.2) is 78.9 Å². The van der Waals surface area contributed by atoms with Gasteiger partial charge in [-0.25, -0.2) is 0 Å². The van der Waals surface area contributed by atoms with Crippen molar-refractivity contribution in [3.8, 4) is 17.2 Å². The van der Waals surface area contributed by atoms with Crippen molar-refractivity contribution in [3.05, 3.63) is 90.0 Å². The number of nitrogens with one attached hydrogen (secondary N) is 1. The number of likely N-dealkylation sites (N-methyl/N-ethyl adjacent to an activating group) is 1. The predicted molar refractivity (Wildman–Crippen MR) is 115 cm³/mol. The monoisotopic (exact) mass is 390 g/mol. The number of amides is 1. The quantitative estimate of drug-likeness (QED) is 0.614. The minimum absolute atomic E-state index is 0.00390. The highest BCUT2D eigenvalue weighted by Crippen LogP contribution is 2.27. The van der Waals surface area contributed by atoms with Gasteiger partial charge in [-0.05, 0) is 56.6 Å². The second kappa shape index (κ2) is 9.75. The van der Waals surface area contributed by atoms with Crippen LogP contribution in [-0.4, -0.2) is 38.6 Å². The van der Waals surface area contributed by atoms with Crippen LogP contribution in [0.3, 0.4) is 0 Å². The molecule has 0 aromatic heterocycles. The van der Waals surface area contributed by atoms with Crippen LogP contribution >= 0.6 is 0 Å². The van der Waals surface area contributed by atoms with Crippen molar-refractivity contribution in [1.82, 2.24) is 10.2 Å². The Labute approximate surface area is 171 Å². The summed E-state index contributed by atoms with van der Waals surface area (Å²) in [5, 5.41) is 3.02. The molecular weight excluding hydrogens is 364 g/mol. The largest absolute Gasteiger partial charge is 0.496 e. The lowest BCUT2D eigenvalue weighted by Gasteiger charge is -2.26. The van der Waals surface area contributed by atoms with E-state index in [9.17, 15) is 4.79 Å². The molecule has 1 atom stereocenters. The van der Waals surface area contributed by atoms with Gasteiger partial charge in [0.2, 0.25) is 0 Å². The van der Waals surface area contributed by atoms with Gasteiger partial charge in [0, 0.05) is 17.7 Å². The Morgan fingerprint density at radius 3 is 2.17 bits per heavy atom. The van der Waals surface area contributed by atoms with Crippen LogP contribution < -0.4 is 14.8 Å². The Morgan fingerprint density at radius 1 is 0.897 bits per heavy atom. The van der Waals surface area contributed by atoms with Crippen LogP contribution in [0.2, 0.25) is 0 Å². The summed E-state index contributed by atoms with van der Waals surface area (Å²) in [4.78, 5) is 14.7. The molecule has 0 saturated heterocycles. The molecule has 150 valence electrons. The van der Waals surface area contributed by atoms with Gasteiger partial charge in [0.25, 0.3) is 5.91 Å². The summed E-state index contributed by atoms with van der Waals surface area (Å²) in [7, 11) is 5.63. The summed E-state index contributed by atoms with van der Waals surface area (Å²) in [6.07, 6.45) is 0. The second-order valence-electron chi connectivity index (χ2n) is 6.87. The maximum atomic E-state index is 12.6. The minimum atomic E-state index is -0.127. The van der Waals surface area contributed by atoms with E-state index in [1.54, 1.807) is 31.4 Å². The minimum Gasteiger partial charge on any atom is -0.496 e. The standard InChI is InChI=1S/C24H26N2O3/c1-26(2)22(21-11-7-8-12-23(21)28-3)17-25-24(27)18-13-15-20(16-14-18)29-19-9-5-4-6-10-19/h4-16,22H,17H2,1-3H3,(H,25,27). The van der Waals surface area contributed by atoms with E-state index in [-0.39, 0.29) is 11.9 Å². The number of nitrogens with zero attached hydrogens (tertiary/aromatic N) is 1. The molecule has 0 bridgehead atoms. The number of hydrogen-bond acceptors (Lipinski definition) is 4. The van der Waals surface area contributed by atoms with Crippen LogP contribution in [0.4, 0.5) is 0 Å². The maximum Gasteiger partial charge on any atom is 0.251 e. The van der Waals surface area contributed by atoms with Crippen LogP contribution in [-0.2, 0) is 0 Å². The average Bonchev–Trinajstić information content (AvgIpc) is 2.75. The van der Waals surface area contributed by atoms with Gasteiger partial charge in [0.1, 0.15) is 17.2 Å². The maximum absolute atomic E-state index is 12.6. The van der Waals surface area contributed by atoms with Crippen LogP contribution in [0.1, 0.15) is 22.0 Å². The van der Waals surface area contributed by atoms with Gasteiger partial charge >= 0.3 is 0 Å². The third kappa shape index (κ3) is 5.36. The Balaban J connectivity index is 1.64. The molecule has 0 aliphatic carbocycles. The van der Waals surface area contributed by atoms with Gasteiger partial charge in [-0.15, -0.1) is 0 Å². The molecule has 3 aromatic carbocycles. The number of para-hydroxylation sites is 2. The van der Waals surface area contributed by atoms with Crippen molar-refractivity contribution < 1.29 is 14.3 Å². The van der Waals surface area contributed by atoms with E-state index in [4.69, 9.17) is 9.47 Å². The van der Waals surface area contributed by atoms with E-state index in [0.29, 0.717) is 17.9 Å². The second-order valence-corrected chi connectivity index (χ2v) is 6.87. The first-order valence-corrected chi connectivity index (χ1v) is 9.49. The van der Waals surface area contributed by atoms with Crippen molar-refractivity contribution in [3.63, 3.8) is 0 Å². The molecule has 1 N–H and O–H groups in total. The summed E-state index contributed by atoms with van der Waals surface area (Å²) < 4.78 is 11.3. The Bertz CT molecular complexity index is 924. The molecule has 1 amide bonds. The molecule has 3 aromatic rings. The van der Waals surface area contributed by atoms with Crippen LogP contribution in [0.5, 0.6) is 17.2 Å². The molecule has 1 unspecified atom stereocenters. The molecule has 0 saturated carbocycles. The summed E-state index contributed by atoms with van der Waals surface area (Å²) in [6, 6.07) is 24.5. The first-order valence-electron chi connectivity index (χ1n) is 9.49. The van der Waals surface area contributed by atoms with Crippen molar-refractivity contribution >= 4 is 5.91 Å². The fraction of sp³-hybridized carbons (Fsp3) is 0.208. The molecule has 0 spiro atoms. The smallest absolute Gasteiger partial charge is 0.251 e. The van der Waals surface area contributed by atoms with E-state index in [2.05, 4.69) is 10.2 Å². The summed E-state index contributed by atoms with van der Waals surface area (Å²) in [6.45, 7) is 0.467. The molecule has 0 aliphatic heterocycles. The number of rotatable bonds is 8. The van der Waals surface area contributed by atoms with Crippen molar-refractivity contribution in [2.45, 2.75) is 6.04 Å². The fourth-order valence-corrected chi connectivity index (χ4v) is 3.10. The van der Waals surface area contributed by atoms with Gasteiger partial charge < -0.3 is 19.7 Å². The van der Waals surface area contributed by atoms with Gasteiger partial charge in [-0.2, -0.15) is 0 Å². The van der Waals surface area contributed by atoms with Crippen LogP contribution in [0.25, 0.3) is 0 Å². The van der Waals surface area contributed by atoms with E-state index >= 15 is 0 Å². The third-order valence-electron chi connectivity index (χ3n) is 4.67. The van der Waals surface area contributed by atoms with Gasteiger partial charge in [0.15, 0.2) is 0 Å². The lowest BCUT2D eigenvalue weighted by molar-refractivity contribution is 0.0941. The van der Waals surface area contributed by atoms with Crippen molar-refractivity contribution in [1.29, 1.82) is 0 Å². The molecule has 5 nitrogen and oxygen atoms in total. The van der Waals surface area contributed by atoms with Gasteiger partial charge in [0.05, 0.1) is 13.2 Å². The molecule has 3 rings (SSSR count). The Hall–Kier alpha value is -3.31. The van der Waals surface area contributed by atoms with E-state index in [1.807, 2.05) is 68.7 Å². The lowest BCUT2D eigenvalue weighted by atomic mass is 10.0. The summed E-state index contributed by atoms with van der Waals surface area (Å²) in [5.41, 5.74) is 1.62. The molecule has 0 heterocycles. The Morgan fingerprint density at radius 2 is 1.52 bits per heavy atom. The first-order chi connectivity index (χ1) is 14.1. The predicted octanol–water partition coefficient (Wildman–Crippen LogP) is 4.52. The topological polar surface area (TPSA) is 50.8 Å². The first kappa shape index (κ1) is 20.4. The van der Waals surface area contributed by atoms with Crippen LogP contribution in [0, 0.1) is 0 Å². The highest BCUT2D eigenvalue weighted by molar-refractivity contribution is 5.94. The number of carbonyl (C=O) groups is 1. The average molecular weight is 390 g/mol. The number of carbonyl (C=O) groups excluding carboxylic acids is 1. The molecule has 29 heavy (non-hydrogen) atoms. The number of methoxy groups -OCH3 is 1. The Kier molecular flexibility index (Phi) is 6.87. The highest BCUT2D eigenvalue weighted by atomic mass is 16.5. The molecule has 5 heteroatoms. The summed E-state index contributed by atoms with van der Waals surface area (Å²) >= 11 is 0. The van der Waals surface area contributed by atoms with Gasteiger partial charge in [-0.3, -0.25) is 4.79 Å². The van der Waals surface area contributed by atoms with Crippen molar-refractivity contribution in [2.24, 2.45) is 0 Å². The van der Waals surface area contributed by atoms with E-state index < -0.39 is 0 Å². The zero-order valence-electron chi connectivity index (χ0n) is 17.0. The molecule has 0 fully saturated rings. The zero-order valence-corrected chi connectivity index (χ0v) is 17.0. The lowest BCUT2D eigenvalue weighted by Crippen LogP contribution is -2.34. The number of benzene rings is 3. The molecular formula is C24H26N2O3. The number of ether oxygens (including phenoxy) is 2. The van der Waals surface area contributed by atoms with Crippen molar-refractivity contribution in [2.75, 3.05) is 27.7 Å².